The molecule has 0 radical (unpaired) electrons. The maximum atomic E-state index is 5.11. The van der Waals surface area contributed by atoms with E-state index in [0.29, 0.717) is 5.92 Å². The van der Waals surface area contributed by atoms with Crippen LogP contribution < -0.4 is 5.32 Å². The highest BCUT2D eigenvalue weighted by Gasteiger charge is 2.14. The molecule has 0 heterocycles. The van der Waals surface area contributed by atoms with Gasteiger partial charge in [0.05, 0.1) is 6.61 Å². The first-order valence-corrected chi connectivity index (χ1v) is 8.20. The van der Waals surface area contributed by atoms with E-state index < -0.39 is 0 Å². The van der Waals surface area contributed by atoms with Crippen LogP contribution in [0.4, 0.5) is 0 Å². The first kappa shape index (κ1) is 18.2. The second-order valence-corrected chi connectivity index (χ2v) is 6.77. The molecule has 0 aliphatic carbocycles. The Hall–Kier alpha value is -0.860. The SMILES string of the molecule is COCCNCC(Cc1c(C)cc(C)cc1C)CC(C)C. The van der Waals surface area contributed by atoms with Gasteiger partial charge in [-0.05, 0) is 68.7 Å². The van der Waals surface area contributed by atoms with Crippen molar-refractivity contribution in [1.82, 2.24) is 5.32 Å². The molecule has 0 amide bonds. The number of ether oxygens (including phenoxy) is 1. The Bertz CT molecular complexity index is 403. The van der Waals surface area contributed by atoms with Crippen LogP contribution >= 0.6 is 0 Å². The maximum absolute atomic E-state index is 5.11. The van der Waals surface area contributed by atoms with Crippen LogP contribution in [-0.2, 0) is 11.2 Å². The molecule has 1 aromatic rings. The summed E-state index contributed by atoms with van der Waals surface area (Å²) in [5.41, 5.74) is 5.79. The van der Waals surface area contributed by atoms with Crippen LogP contribution in [0.2, 0.25) is 0 Å². The largest absolute Gasteiger partial charge is 0.383 e. The van der Waals surface area contributed by atoms with E-state index in [1.165, 1.54) is 29.5 Å². The molecule has 0 saturated carbocycles. The molecule has 0 aliphatic rings. The Morgan fingerprint density at radius 1 is 1.10 bits per heavy atom. The van der Waals surface area contributed by atoms with Gasteiger partial charge in [-0.3, -0.25) is 0 Å². The molecule has 0 spiro atoms. The van der Waals surface area contributed by atoms with E-state index in [1.807, 2.05) is 0 Å². The fourth-order valence-corrected chi connectivity index (χ4v) is 3.21. The number of aryl methyl sites for hydroxylation is 3. The van der Waals surface area contributed by atoms with Crippen LogP contribution in [0.1, 0.15) is 42.5 Å². The van der Waals surface area contributed by atoms with E-state index in [2.05, 4.69) is 52.1 Å². The Morgan fingerprint density at radius 3 is 2.24 bits per heavy atom. The summed E-state index contributed by atoms with van der Waals surface area (Å²) in [6, 6.07) is 4.63. The van der Waals surface area contributed by atoms with Gasteiger partial charge in [0.2, 0.25) is 0 Å². The van der Waals surface area contributed by atoms with Gasteiger partial charge in [0.1, 0.15) is 0 Å². The Labute approximate surface area is 131 Å². The molecular formula is C19H33NO. The van der Waals surface area contributed by atoms with E-state index in [0.717, 1.165) is 25.6 Å². The number of benzene rings is 1. The van der Waals surface area contributed by atoms with E-state index in [-0.39, 0.29) is 0 Å². The molecule has 2 nitrogen and oxygen atoms in total. The number of hydrogen-bond donors (Lipinski definition) is 1. The highest BCUT2D eigenvalue weighted by molar-refractivity contribution is 5.37. The predicted octanol–water partition coefficient (Wildman–Crippen LogP) is 4.05. The minimum Gasteiger partial charge on any atom is -0.383 e. The lowest BCUT2D eigenvalue weighted by atomic mass is 9.87. The number of methoxy groups -OCH3 is 1. The topological polar surface area (TPSA) is 21.3 Å². The van der Waals surface area contributed by atoms with Gasteiger partial charge in [-0.15, -0.1) is 0 Å². The van der Waals surface area contributed by atoms with Crippen molar-refractivity contribution >= 4 is 0 Å². The fraction of sp³-hybridized carbons (Fsp3) is 0.684. The quantitative estimate of drug-likeness (QED) is 0.693. The highest BCUT2D eigenvalue weighted by Crippen LogP contribution is 2.23. The molecule has 1 atom stereocenters. The molecule has 0 saturated heterocycles. The first-order valence-electron chi connectivity index (χ1n) is 8.20. The lowest BCUT2D eigenvalue weighted by molar-refractivity contribution is 0.197. The predicted molar refractivity (Wildman–Crippen MR) is 92.0 cm³/mol. The van der Waals surface area contributed by atoms with E-state index in [4.69, 9.17) is 4.74 Å². The van der Waals surface area contributed by atoms with Crippen LogP contribution in [0.15, 0.2) is 12.1 Å². The summed E-state index contributed by atoms with van der Waals surface area (Å²) in [6.45, 7) is 14.1. The molecule has 0 aromatic heterocycles. The third kappa shape index (κ3) is 6.62. The van der Waals surface area contributed by atoms with Crippen LogP contribution in [0, 0.1) is 32.6 Å². The fourth-order valence-electron chi connectivity index (χ4n) is 3.21. The lowest BCUT2D eigenvalue weighted by Gasteiger charge is -2.22. The van der Waals surface area contributed by atoms with Gasteiger partial charge in [-0.1, -0.05) is 31.5 Å². The molecule has 0 bridgehead atoms. The van der Waals surface area contributed by atoms with Crippen molar-refractivity contribution in [3.05, 3.63) is 34.4 Å². The maximum Gasteiger partial charge on any atom is 0.0587 e. The Morgan fingerprint density at radius 2 is 1.71 bits per heavy atom. The minimum atomic E-state index is 0.696. The zero-order valence-electron chi connectivity index (χ0n) is 14.8. The van der Waals surface area contributed by atoms with Gasteiger partial charge in [0.15, 0.2) is 0 Å². The molecule has 21 heavy (non-hydrogen) atoms. The standard InChI is InChI=1S/C19H33NO/c1-14(2)9-18(13-20-7-8-21-6)12-19-16(4)10-15(3)11-17(19)5/h10-11,14,18,20H,7-9,12-13H2,1-6H3. The van der Waals surface area contributed by atoms with Crippen molar-refractivity contribution < 1.29 is 4.74 Å². The van der Waals surface area contributed by atoms with E-state index in [1.54, 1.807) is 12.7 Å². The van der Waals surface area contributed by atoms with Crippen molar-refractivity contribution in [2.45, 2.75) is 47.5 Å². The number of hydrogen-bond acceptors (Lipinski definition) is 2. The van der Waals surface area contributed by atoms with Gasteiger partial charge in [0.25, 0.3) is 0 Å². The van der Waals surface area contributed by atoms with Crippen molar-refractivity contribution in [2.24, 2.45) is 11.8 Å². The first-order chi connectivity index (χ1) is 9.93. The van der Waals surface area contributed by atoms with Crippen molar-refractivity contribution in [3.63, 3.8) is 0 Å². The van der Waals surface area contributed by atoms with Gasteiger partial charge in [-0.2, -0.15) is 0 Å². The summed E-state index contributed by atoms with van der Waals surface area (Å²) >= 11 is 0. The van der Waals surface area contributed by atoms with Crippen LogP contribution in [0.3, 0.4) is 0 Å². The normalized spacial score (nSPS) is 12.9. The molecule has 120 valence electrons. The molecule has 1 N–H and O–H groups in total. The summed E-state index contributed by atoms with van der Waals surface area (Å²) in [7, 11) is 1.76. The summed E-state index contributed by atoms with van der Waals surface area (Å²) in [4.78, 5) is 0. The third-order valence-electron chi connectivity index (χ3n) is 4.05. The third-order valence-corrected chi connectivity index (χ3v) is 4.05. The van der Waals surface area contributed by atoms with E-state index >= 15 is 0 Å². The van der Waals surface area contributed by atoms with Gasteiger partial charge < -0.3 is 10.1 Å². The molecule has 2 heteroatoms. The van der Waals surface area contributed by atoms with Crippen molar-refractivity contribution in [1.29, 1.82) is 0 Å². The van der Waals surface area contributed by atoms with Crippen molar-refractivity contribution in [2.75, 3.05) is 26.8 Å². The second-order valence-electron chi connectivity index (χ2n) is 6.77. The second kappa shape index (κ2) is 9.22. The smallest absolute Gasteiger partial charge is 0.0587 e. The summed E-state index contributed by atoms with van der Waals surface area (Å²) in [5, 5.41) is 3.54. The number of rotatable bonds is 9. The molecular weight excluding hydrogens is 258 g/mol. The Balaban J connectivity index is 2.71. The molecule has 1 rings (SSSR count). The van der Waals surface area contributed by atoms with E-state index in [9.17, 15) is 0 Å². The zero-order chi connectivity index (χ0) is 15.8. The zero-order valence-corrected chi connectivity index (χ0v) is 14.8. The molecule has 0 aliphatic heterocycles. The average Bonchev–Trinajstić information content (AvgIpc) is 2.37. The minimum absolute atomic E-state index is 0.696. The van der Waals surface area contributed by atoms with Crippen LogP contribution in [0.25, 0.3) is 0 Å². The van der Waals surface area contributed by atoms with Crippen LogP contribution in [-0.4, -0.2) is 26.8 Å². The number of nitrogens with one attached hydrogen (secondary N) is 1. The van der Waals surface area contributed by atoms with Gasteiger partial charge in [-0.25, -0.2) is 0 Å². The van der Waals surface area contributed by atoms with Gasteiger partial charge in [0, 0.05) is 13.7 Å². The summed E-state index contributed by atoms with van der Waals surface area (Å²) < 4.78 is 5.11. The Kier molecular flexibility index (Phi) is 7.98. The molecule has 1 aromatic carbocycles. The summed E-state index contributed by atoms with van der Waals surface area (Å²) in [6.07, 6.45) is 2.45. The van der Waals surface area contributed by atoms with Gasteiger partial charge >= 0.3 is 0 Å². The summed E-state index contributed by atoms with van der Waals surface area (Å²) in [5.74, 6) is 1.44. The lowest BCUT2D eigenvalue weighted by Crippen LogP contribution is -2.28. The molecule has 0 fully saturated rings. The highest BCUT2D eigenvalue weighted by atomic mass is 16.5. The van der Waals surface area contributed by atoms with Crippen molar-refractivity contribution in [3.8, 4) is 0 Å². The monoisotopic (exact) mass is 291 g/mol. The van der Waals surface area contributed by atoms with Crippen LogP contribution in [0.5, 0.6) is 0 Å². The average molecular weight is 291 g/mol. The molecule has 1 unspecified atom stereocenters.